The largest absolute Gasteiger partial charge is 0.342 e. The lowest BCUT2D eigenvalue weighted by atomic mass is 9.75. The molecule has 1 spiro atoms. The lowest BCUT2D eigenvalue weighted by Gasteiger charge is -2.26. The monoisotopic (exact) mass is 399 g/mol. The molecule has 3 aromatic rings. The zero-order valence-electron chi connectivity index (χ0n) is 15.8. The first-order chi connectivity index (χ1) is 14.6. The van der Waals surface area contributed by atoms with Gasteiger partial charge in [-0.05, 0) is 11.1 Å². The second-order valence-corrected chi connectivity index (χ2v) is 7.55. The zero-order valence-corrected chi connectivity index (χ0v) is 15.8. The molecule has 0 amide bonds. The van der Waals surface area contributed by atoms with Crippen molar-refractivity contribution in [2.75, 3.05) is 0 Å². The van der Waals surface area contributed by atoms with Gasteiger partial charge >= 0.3 is 0 Å². The van der Waals surface area contributed by atoms with Gasteiger partial charge in [-0.15, -0.1) is 0 Å². The Labute approximate surface area is 172 Å². The molecule has 0 aromatic heterocycles. The van der Waals surface area contributed by atoms with Gasteiger partial charge in [0.25, 0.3) is 6.04 Å². The van der Waals surface area contributed by atoms with E-state index in [4.69, 9.17) is 4.74 Å². The number of carbonyl (C=O) groups is 2. The van der Waals surface area contributed by atoms with Gasteiger partial charge in [0.2, 0.25) is 17.2 Å². The van der Waals surface area contributed by atoms with Gasteiger partial charge in [0.15, 0.2) is 6.10 Å². The van der Waals surface area contributed by atoms with E-state index in [0.717, 1.165) is 0 Å². The van der Waals surface area contributed by atoms with Gasteiger partial charge in [-0.2, -0.15) is 0 Å². The molecule has 0 N–H and O–H groups in total. The zero-order chi connectivity index (χ0) is 20.9. The Hall–Kier alpha value is -3.64. The van der Waals surface area contributed by atoms with Gasteiger partial charge in [0.05, 0.1) is 5.92 Å². The van der Waals surface area contributed by atoms with Crippen LogP contribution in [-0.4, -0.2) is 28.1 Å². The van der Waals surface area contributed by atoms with Crippen molar-refractivity contribution >= 4 is 11.6 Å². The molecule has 3 aromatic carbocycles. The number of carbonyl (C=O) groups excluding carboxylic acids is 2. The topological polar surface area (TPSA) is 86.5 Å². The Morgan fingerprint density at radius 1 is 0.733 bits per heavy atom. The normalized spacial score (nSPS) is 24.2. The SMILES string of the molecule is O=C1c2ccccc2C(=O)C12O[C@@H](c1ccccc1)[C@H]([N+](=O)[O-])[C@@H]2c1ccccc1. The third-order valence-electron chi connectivity index (χ3n) is 6.02. The van der Waals surface area contributed by atoms with Crippen LogP contribution in [0.25, 0.3) is 0 Å². The Balaban J connectivity index is 1.77. The first-order valence-corrected chi connectivity index (χ1v) is 9.65. The first kappa shape index (κ1) is 18.4. The van der Waals surface area contributed by atoms with Gasteiger partial charge in [-0.3, -0.25) is 19.7 Å². The summed E-state index contributed by atoms with van der Waals surface area (Å²) >= 11 is 0. The molecule has 148 valence electrons. The van der Waals surface area contributed by atoms with Crippen LogP contribution in [0.3, 0.4) is 0 Å². The van der Waals surface area contributed by atoms with E-state index >= 15 is 0 Å². The minimum Gasteiger partial charge on any atom is -0.342 e. The predicted molar refractivity (Wildman–Crippen MR) is 108 cm³/mol. The van der Waals surface area contributed by atoms with Crippen molar-refractivity contribution in [3.63, 3.8) is 0 Å². The number of Topliss-reactive ketones (excluding diaryl/α,β-unsaturated/α-hetero) is 2. The van der Waals surface area contributed by atoms with E-state index in [-0.39, 0.29) is 11.1 Å². The second kappa shape index (κ2) is 6.71. The van der Waals surface area contributed by atoms with E-state index in [2.05, 4.69) is 0 Å². The van der Waals surface area contributed by atoms with Crippen LogP contribution in [-0.2, 0) is 4.74 Å². The molecule has 6 nitrogen and oxygen atoms in total. The molecule has 30 heavy (non-hydrogen) atoms. The molecule has 0 bridgehead atoms. The maximum absolute atomic E-state index is 13.6. The summed E-state index contributed by atoms with van der Waals surface area (Å²) in [6, 6.07) is 22.7. The van der Waals surface area contributed by atoms with Gasteiger partial charge in [-0.1, -0.05) is 84.9 Å². The molecule has 1 heterocycles. The number of hydrogen-bond acceptors (Lipinski definition) is 5. The van der Waals surface area contributed by atoms with Crippen molar-refractivity contribution in [2.45, 2.75) is 23.7 Å². The minimum atomic E-state index is -1.96. The molecule has 0 saturated carbocycles. The van der Waals surface area contributed by atoms with Crippen molar-refractivity contribution in [3.8, 4) is 0 Å². The average molecular weight is 399 g/mol. The number of ketones is 2. The van der Waals surface area contributed by atoms with Crippen LogP contribution in [0, 0.1) is 10.1 Å². The number of nitrogens with zero attached hydrogens (tertiary/aromatic N) is 1. The number of rotatable bonds is 3. The maximum Gasteiger partial charge on any atom is 0.253 e. The molecule has 5 rings (SSSR count). The van der Waals surface area contributed by atoms with Crippen LogP contribution in [0.1, 0.15) is 43.9 Å². The summed E-state index contributed by atoms with van der Waals surface area (Å²) in [5, 5.41) is 12.3. The molecule has 0 radical (unpaired) electrons. The summed E-state index contributed by atoms with van der Waals surface area (Å²) in [7, 11) is 0. The number of nitro groups is 1. The van der Waals surface area contributed by atoms with E-state index in [1.807, 2.05) is 0 Å². The standard InChI is InChI=1S/C24H17NO5/c26-22-17-13-7-8-14-18(17)23(27)24(22)19(15-9-3-1-4-10-15)20(25(28)29)21(30-24)16-11-5-2-6-12-16/h1-14,19-21H/t19-,20+,21-/m0/s1. The quantitative estimate of drug-likeness (QED) is 0.377. The number of hydrogen-bond donors (Lipinski definition) is 0. The molecule has 1 aliphatic carbocycles. The van der Waals surface area contributed by atoms with Gasteiger partial charge in [0.1, 0.15) is 0 Å². The minimum absolute atomic E-state index is 0.249. The summed E-state index contributed by atoms with van der Waals surface area (Å²) in [5.74, 6) is -2.07. The van der Waals surface area contributed by atoms with E-state index in [0.29, 0.717) is 11.1 Å². The predicted octanol–water partition coefficient (Wildman–Crippen LogP) is 4.01. The fourth-order valence-electron chi connectivity index (χ4n) is 4.76. The Bertz CT molecular complexity index is 1120. The summed E-state index contributed by atoms with van der Waals surface area (Å²) in [5.41, 5.74) is -0.359. The van der Waals surface area contributed by atoms with Crippen molar-refractivity contribution in [1.29, 1.82) is 0 Å². The molecule has 3 atom stereocenters. The molecule has 6 heteroatoms. The maximum atomic E-state index is 13.6. The van der Waals surface area contributed by atoms with Crippen LogP contribution in [0.4, 0.5) is 0 Å². The Kier molecular flexibility index (Phi) is 4.11. The third kappa shape index (κ3) is 2.40. The van der Waals surface area contributed by atoms with Crippen molar-refractivity contribution in [2.24, 2.45) is 0 Å². The Morgan fingerprint density at radius 3 is 1.70 bits per heavy atom. The molecular weight excluding hydrogens is 382 g/mol. The van der Waals surface area contributed by atoms with E-state index in [1.165, 1.54) is 0 Å². The fourth-order valence-corrected chi connectivity index (χ4v) is 4.76. The molecule has 2 aliphatic rings. The highest BCUT2D eigenvalue weighted by Gasteiger charge is 2.71. The molecule has 0 unspecified atom stereocenters. The van der Waals surface area contributed by atoms with E-state index in [1.54, 1.807) is 84.9 Å². The van der Waals surface area contributed by atoms with Crippen molar-refractivity contribution in [3.05, 3.63) is 117 Å². The van der Waals surface area contributed by atoms with Gasteiger partial charge in [0, 0.05) is 16.1 Å². The second-order valence-electron chi connectivity index (χ2n) is 7.55. The molecule has 1 saturated heterocycles. The first-order valence-electron chi connectivity index (χ1n) is 9.65. The number of benzene rings is 3. The summed E-state index contributed by atoms with van der Waals surface area (Å²) in [6.45, 7) is 0. The highest BCUT2D eigenvalue weighted by molar-refractivity contribution is 6.33. The van der Waals surface area contributed by atoms with Crippen LogP contribution in [0.15, 0.2) is 84.9 Å². The van der Waals surface area contributed by atoms with E-state index in [9.17, 15) is 19.7 Å². The summed E-state index contributed by atoms with van der Waals surface area (Å²) < 4.78 is 6.20. The van der Waals surface area contributed by atoms with Crippen molar-refractivity contribution < 1.29 is 19.2 Å². The lowest BCUT2D eigenvalue weighted by molar-refractivity contribution is -0.531. The van der Waals surface area contributed by atoms with Crippen LogP contribution in [0.5, 0.6) is 0 Å². The Morgan fingerprint density at radius 2 is 1.20 bits per heavy atom. The highest BCUT2D eigenvalue weighted by Crippen LogP contribution is 2.55. The highest BCUT2D eigenvalue weighted by atomic mass is 16.6. The van der Waals surface area contributed by atoms with Crippen LogP contribution >= 0.6 is 0 Å². The van der Waals surface area contributed by atoms with Crippen molar-refractivity contribution in [1.82, 2.24) is 0 Å². The third-order valence-corrected chi connectivity index (χ3v) is 6.02. The fraction of sp³-hybridized carbons (Fsp3) is 0.167. The van der Waals surface area contributed by atoms with Gasteiger partial charge < -0.3 is 4.74 Å². The van der Waals surface area contributed by atoms with E-state index < -0.39 is 40.2 Å². The molecule has 1 fully saturated rings. The number of ether oxygens (including phenoxy) is 1. The summed E-state index contributed by atoms with van der Waals surface area (Å²) in [6.07, 6.45) is -1.03. The van der Waals surface area contributed by atoms with Crippen LogP contribution in [0.2, 0.25) is 0 Å². The average Bonchev–Trinajstić information content (AvgIpc) is 3.26. The lowest BCUT2D eigenvalue weighted by Crippen LogP contribution is -2.48. The van der Waals surface area contributed by atoms with Gasteiger partial charge in [-0.25, -0.2) is 0 Å². The summed E-state index contributed by atoms with van der Waals surface area (Å²) in [4.78, 5) is 39.1. The van der Waals surface area contributed by atoms with Crippen LogP contribution < -0.4 is 0 Å². The smallest absolute Gasteiger partial charge is 0.253 e. The molecule has 1 aliphatic heterocycles. The molecular formula is C24H17NO5. The number of fused-ring (bicyclic) bond motifs is 1.